The minimum Gasteiger partial charge on any atom is -0.497 e. The zero-order valence-electron chi connectivity index (χ0n) is 10.6. The monoisotopic (exact) mass is 251 g/mol. The zero-order valence-corrected chi connectivity index (χ0v) is 11.4. The molecule has 2 atom stereocenters. The van der Waals surface area contributed by atoms with Crippen LogP contribution in [0.2, 0.25) is 0 Å². The van der Waals surface area contributed by atoms with E-state index in [2.05, 4.69) is 36.1 Å². The van der Waals surface area contributed by atoms with E-state index >= 15 is 0 Å². The quantitative estimate of drug-likeness (QED) is 0.869. The van der Waals surface area contributed by atoms with Gasteiger partial charge >= 0.3 is 0 Å². The number of rotatable bonds is 5. The fourth-order valence-electron chi connectivity index (χ4n) is 2.19. The van der Waals surface area contributed by atoms with Crippen LogP contribution in [-0.2, 0) is 6.42 Å². The minimum atomic E-state index is 0.707. The van der Waals surface area contributed by atoms with E-state index in [0.29, 0.717) is 6.04 Å². The van der Waals surface area contributed by atoms with E-state index in [-0.39, 0.29) is 0 Å². The van der Waals surface area contributed by atoms with Crippen molar-refractivity contribution in [3.8, 4) is 5.75 Å². The van der Waals surface area contributed by atoms with Crippen LogP contribution in [0.3, 0.4) is 0 Å². The third-order valence-electron chi connectivity index (χ3n) is 3.36. The molecule has 1 fully saturated rings. The van der Waals surface area contributed by atoms with Gasteiger partial charge in [-0.05, 0) is 42.8 Å². The van der Waals surface area contributed by atoms with E-state index in [1.54, 1.807) is 7.11 Å². The van der Waals surface area contributed by atoms with Crippen LogP contribution in [0, 0.1) is 0 Å². The summed E-state index contributed by atoms with van der Waals surface area (Å²) in [6.07, 6.45) is 2.41. The summed E-state index contributed by atoms with van der Waals surface area (Å²) in [7, 11) is 1.70. The Labute approximate surface area is 108 Å². The van der Waals surface area contributed by atoms with Crippen molar-refractivity contribution in [2.24, 2.45) is 0 Å². The van der Waals surface area contributed by atoms with E-state index < -0.39 is 0 Å². The minimum absolute atomic E-state index is 0.707. The summed E-state index contributed by atoms with van der Waals surface area (Å²) in [4.78, 5) is 0. The number of benzene rings is 1. The molecule has 0 aromatic heterocycles. The molecule has 1 aliphatic rings. The molecule has 1 heterocycles. The van der Waals surface area contributed by atoms with E-state index in [9.17, 15) is 0 Å². The number of ether oxygens (including phenoxy) is 1. The van der Waals surface area contributed by atoms with Crippen LogP contribution in [-0.4, -0.2) is 30.7 Å². The standard InChI is InChI=1S/C14H21NOS/c1-11-14(8-10-17-11)15-9-7-12-3-5-13(16-2)6-4-12/h3-6,11,14-15H,7-10H2,1-2H3. The number of nitrogens with one attached hydrogen (secondary N) is 1. The van der Waals surface area contributed by atoms with Crippen molar-refractivity contribution in [2.75, 3.05) is 19.4 Å². The first-order chi connectivity index (χ1) is 8.29. The molecular formula is C14H21NOS. The molecular weight excluding hydrogens is 230 g/mol. The molecule has 0 bridgehead atoms. The predicted octanol–water partition coefficient (Wildman–Crippen LogP) is 2.72. The van der Waals surface area contributed by atoms with Crippen molar-refractivity contribution in [1.82, 2.24) is 5.32 Å². The van der Waals surface area contributed by atoms with Crippen LogP contribution in [0.1, 0.15) is 18.9 Å². The van der Waals surface area contributed by atoms with E-state index in [0.717, 1.165) is 24.0 Å². The van der Waals surface area contributed by atoms with Crippen LogP contribution < -0.4 is 10.1 Å². The first-order valence-electron chi connectivity index (χ1n) is 6.27. The Morgan fingerprint density at radius 2 is 2.12 bits per heavy atom. The molecule has 1 N–H and O–H groups in total. The number of methoxy groups -OCH3 is 1. The molecule has 2 unspecified atom stereocenters. The second-order valence-corrected chi connectivity index (χ2v) is 6.01. The zero-order chi connectivity index (χ0) is 12.1. The summed E-state index contributed by atoms with van der Waals surface area (Å²) in [6.45, 7) is 3.39. The van der Waals surface area contributed by atoms with Gasteiger partial charge in [-0.2, -0.15) is 11.8 Å². The smallest absolute Gasteiger partial charge is 0.118 e. The van der Waals surface area contributed by atoms with Crippen molar-refractivity contribution in [3.63, 3.8) is 0 Å². The first kappa shape index (κ1) is 12.8. The molecule has 1 saturated heterocycles. The summed E-state index contributed by atoms with van der Waals surface area (Å²) in [5, 5.41) is 4.43. The molecule has 3 heteroatoms. The fraction of sp³-hybridized carbons (Fsp3) is 0.571. The topological polar surface area (TPSA) is 21.3 Å². The molecule has 2 nitrogen and oxygen atoms in total. The SMILES string of the molecule is COc1ccc(CCNC2CCSC2C)cc1. The maximum absolute atomic E-state index is 5.15. The fourth-order valence-corrected chi connectivity index (χ4v) is 3.42. The number of thioether (sulfide) groups is 1. The van der Waals surface area contributed by atoms with Crippen molar-refractivity contribution in [2.45, 2.75) is 31.1 Å². The molecule has 1 aromatic rings. The molecule has 0 amide bonds. The summed E-state index contributed by atoms with van der Waals surface area (Å²) in [6, 6.07) is 9.06. The summed E-state index contributed by atoms with van der Waals surface area (Å²) < 4.78 is 5.15. The molecule has 0 aliphatic carbocycles. The third-order valence-corrected chi connectivity index (χ3v) is 4.68. The van der Waals surface area contributed by atoms with Gasteiger partial charge in [0.15, 0.2) is 0 Å². The van der Waals surface area contributed by atoms with Crippen LogP contribution in [0.5, 0.6) is 5.75 Å². The molecule has 1 aromatic carbocycles. The van der Waals surface area contributed by atoms with Gasteiger partial charge in [0.2, 0.25) is 0 Å². The molecule has 1 aliphatic heterocycles. The van der Waals surface area contributed by atoms with Crippen molar-refractivity contribution in [3.05, 3.63) is 29.8 Å². The Balaban J connectivity index is 1.73. The Morgan fingerprint density at radius 1 is 1.35 bits per heavy atom. The van der Waals surface area contributed by atoms with Crippen LogP contribution in [0.4, 0.5) is 0 Å². The van der Waals surface area contributed by atoms with Gasteiger partial charge in [-0.1, -0.05) is 19.1 Å². The van der Waals surface area contributed by atoms with Gasteiger partial charge in [0.05, 0.1) is 7.11 Å². The molecule has 0 radical (unpaired) electrons. The second-order valence-electron chi connectivity index (χ2n) is 4.52. The molecule has 94 valence electrons. The molecule has 0 spiro atoms. The average molecular weight is 251 g/mol. The maximum atomic E-state index is 5.15. The van der Waals surface area contributed by atoms with Crippen LogP contribution >= 0.6 is 11.8 Å². The van der Waals surface area contributed by atoms with Gasteiger partial charge in [-0.3, -0.25) is 0 Å². The average Bonchev–Trinajstić information content (AvgIpc) is 2.76. The summed E-state index contributed by atoms with van der Waals surface area (Å²) in [5.74, 6) is 2.24. The van der Waals surface area contributed by atoms with E-state index in [1.165, 1.54) is 17.7 Å². The van der Waals surface area contributed by atoms with Gasteiger partial charge in [0.25, 0.3) is 0 Å². The Kier molecular flexibility index (Phi) is 4.75. The number of hydrogen-bond acceptors (Lipinski definition) is 3. The Bertz CT molecular complexity index is 339. The van der Waals surface area contributed by atoms with Crippen LogP contribution in [0.25, 0.3) is 0 Å². The largest absolute Gasteiger partial charge is 0.497 e. The molecule has 0 saturated carbocycles. The summed E-state index contributed by atoms with van der Waals surface area (Å²) in [5.41, 5.74) is 1.37. The van der Waals surface area contributed by atoms with E-state index in [4.69, 9.17) is 4.74 Å². The lowest BCUT2D eigenvalue weighted by Crippen LogP contribution is -2.34. The van der Waals surface area contributed by atoms with Gasteiger partial charge in [-0.25, -0.2) is 0 Å². The van der Waals surface area contributed by atoms with Gasteiger partial charge in [0.1, 0.15) is 5.75 Å². The Morgan fingerprint density at radius 3 is 2.71 bits per heavy atom. The summed E-state index contributed by atoms with van der Waals surface area (Å²) >= 11 is 2.08. The lowest BCUT2D eigenvalue weighted by molar-refractivity contribution is 0.414. The van der Waals surface area contributed by atoms with Crippen LogP contribution in [0.15, 0.2) is 24.3 Å². The second kappa shape index (κ2) is 6.31. The molecule has 2 rings (SSSR count). The highest BCUT2D eigenvalue weighted by Gasteiger charge is 2.22. The first-order valence-corrected chi connectivity index (χ1v) is 7.32. The highest BCUT2D eigenvalue weighted by Crippen LogP contribution is 2.25. The van der Waals surface area contributed by atoms with Crippen molar-refractivity contribution >= 4 is 11.8 Å². The van der Waals surface area contributed by atoms with Gasteiger partial charge < -0.3 is 10.1 Å². The Hall–Kier alpha value is -0.670. The van der Waals surface area contributed by atoms with Crippen molar-refractivity contribution in [1.29, 1.82) is 0 Å². The van der Waals surface area contributed by atoms with Gasteiger partial charge in [0, 0.05) is 11.3 Å². The van der Waals surface area contributed by atoms with Gasteiger partial charge in [-0.15, -0.1) is 0 Å². The highest BCUT2D eigenvalue weighted by atomic mass is 32.2. The lowest BCUT2D eigenvalue weighted by atomic mass is 10.1. The highest BCUT2D eigenvalue weighted by molar-refractivity contribution is 8.00. The predicted molar refractivity (Wildman–Crippen MR) is 75.0 cm³/mol. The normalized spacial score (nSPS) is 23.9. The molecule has 17 heavy (non-hydrogen) atoms. The maximum Gasteiger partial charge on any atom is 0.118 e. The van der Waals surface area contributed by atoms with E-state index in [1.807, 2.05) is 12.1 Å². The number of hydrogen-bond donors (Lipinski definition) is 1. The van der Waals surface area contributed by atoms with Crippen molar-refractivity contribution < 1.29 is 4.74 Å². The third kappa shape index (κ3) is 3.65. The lowest BCUT2D eigenvalue weighted by Gasteiger charge is -2.16.